The molecule has 0 spiro atoms. The predicted molar refractivity (Wildman–Crippen MR) is 80.0 cm³/mol. The molecule has 1 aliphatic heterocycles. The van der Waals surface area contributed by atoms with Gasteiger partial charge in [0, 0.05) is 29.8 Å². The van der Waals surface area contributed by atoms with Crippen molar-refractivity contribution in [2.45, 2.75) is 32.1 Å². The van der Waals surface area contributed by atoms with Crippen LogP contribution in [0.15, 0.2) is 15.9 Å². The molecular formula is C12H17Br2NOS. The molecule has 0 saturated carbocycles. The lowest BCUT2D eigenvalue weighted by molar-refractivity contribution is -0.128. The van der Waals surface area contributed by atoms with E-state index in [2.05, 4.69) is 62.7 Å². The number of ether oxygens (including phenoxy) is 1. The molecule has 0 bridgehead atoms. The smallest absolute Gasteiger partial charge is 0.0806 e. The van der Waals surface area contributed by atoms with Crippen LogP contribution in [0.5, 0.6) is 0 Å². The summed E-state index contributed by atoms with van der Waals surface area (Å²) in [4.78, 5) is 3.89. The quantitative estimate of drug-likeness (QED) is 0.735. The van der Waals surface area contributed by atoms with Crippen LogP contribution in [0.4, 0.5) is 0 Å². The normalized spacial score (nSPS) is 25.1. The Morgan fingerprint density at radius 3 is 2.88 bits per heavy atom. The summed E-state index contributed by atoms with van der Waals surface area (Å²) in [7, 11) is 0. The van der Waals surface area contributed by atoms with Crippen LogP contribution in [0.3, 0.4) is 0 Å². The van der Waals surface area contributed by atoms with E-state index in [4.69, 9.17) is 4.74 Å². The Labute approximate surface area is 124 Å². The Bertz CT molecular complexity index is 380. The van der Waals surface area contributed by atoms with Crippen molar-refractivity contribution in [1.29, 1.82) is 0 Å². The van der Waals surface area contributed by atoms with Crippen LogP contribution in [0.1, 0.15) is 18.7 Å². The maximum atomic E-state index is 6.00. The van der Waals surface area contributed by atoms with Gasteiger partial charge in [0.15, 0.2) is 0 Å². The Balaban J connectivity index is 2.00. The molecule has 0 aliphatic carbocycles. The number of morpholine rings is 1. The minimum absolute atomic E-state index is 0.0504. The highest BCUT2D eigenvalue weighted by Gasteiger charge is 2.32. The minimum Gasteiger partial charge on any atom is -0.369 e. The molecule has 1 atom stereocenters. The zero-order valence-corrected chi connectivity index (χ0v) is 14.1. The average Bonchev–Trinajstić information content (AvgIpc) is 2.61. The van der Waals surface area contributed by atoms with E-state index >= 15 is 0 Å². The molecule has 1 saturated heterocycles. The number of alkyl halides is 1. The fourth-order valence-corrected chi connectivity index (χ4v) is 4.14. The summed E-state index contributed by atoms with van der Waals surface area (Å²) in [5.74, 6) is 0. The van der Waals surface area contributed by atoms with Crippen LogP contribution < -0.4 is 0 Å². The summed E-state index contributed by atoms with van der Waals surface area (Å²) in [6.45, 7) is 7.35. The molecule has 0 radical (unpaired) electrons. The monoisotopic (exact) mass is 381 g/mol. The van der Waals surface area contributed by atoms with Crippen LogP contribution in [-0.2, 0) is 11.3 Å². The van der Waals surface area contributed by atoms with Crippen LogP contribution in [-0.4, -0.2) is 35.0 Å². The van der Waals surface area contributed by atoms with Crippen molar-refractivity contribution < 1.29 is 4.74 Å². The van der Waals surface area contributed by atoms with Crippen LogP contribution in [0.2, 0.25) is 0 Å². The molecule has 1 fully saturated rings. The zero-order valence-electron chi connectivity index (χ0n) is 10.1. The van der Waals surface area contributed by atoms with Crippen molar-refractivity contribution in [3.05, 3.63) is 20.8 Å². The number of hydrogen-bond acceptors (Lipinski definition) is 3. The van der Waals surface area contributed by atoms with Gasteiger partial charge in [-0.05, 0) is 41.9 Å². The Kier molecular flexibility index (Phi) is 4.69. The van der Waals surface area contributed by atoms with E-state index in [0.29, 0.717) is 6.10 Å². The summed E-state index contributed by atoms with van der Waals surface area (Å²) in [5, 5.41) is 0.904. The molecule has 1 aromatic heterocycles. The summed E-state index contributed by atoms with van der Waals surface area (Å²) >= 11 is 8.85. The second-order valence-corrected chi connectivity index (χ2v) is 8.22. The highest BCUT2D eigenvalue weighted by molar-refractivity contribution is 9.11. The molecule has 1 aromatic rings. The Morgan fingerprint density at radius 2 is 2.29 bits per heavy atom. The van der Waals surface area contributed by atoms with Gasteiger partial charge in [0.2, 0.25) is 0 Å². The molecule has 2 heterocycles. The van der Waals surface area contributed by atoms with Gasteiger partial charge in [-0.3, -0.25) is 4.90 Å². The second kappa shape index (κ2) is 5.70. The van der Waals surface area contributed by atoms with E-state index < -0.39 is 0 Å². The molecule has 5 heteroatoms. The molecule has 2 nitrogen and oxygen atoms in total. The number of thiophene rings is 1. The molecule has 1 unspecified atom stereocenters. The standard InChI is InChI=1S/C12H17Br2NOS/c1-12(2)8-15(6-9(5-13)16-12)7-10-3-4-11(14)17-10/h3-4,9H,5-8H2,1-2H3. The molecule has 1 aliphatic rings. The van der Waals surface area contributed by atoms with Gasteiger partial charge in [-0.15, -0.1) is 11.3 Å². The van der Waals surface area contributed by atoms with Crippen molar-refractivity contribution >= 4 is 43.2 Å². The fraction of sp³-hybridized carbons (Fsp3) is 0.667. The first-order valence-corrected chi connectivity index (χ1v) is 8.42. The van der Waals surface area contributed by atoms with Gasteiger partial charge in [0.05, 0.1) is 15.5 Å². The van der Waals surface area contributed by atoms with E-state index in [-0.39, 0.29) is 5.60 Å². The summed E-state index contributed by atoms with van der Waals surface area (Å²) in [6.07, 6.45) is 0.294. The summed E-state index contributed by atoms with van der Waals surface area (Å²) in [5.41, 5.74) is -0.0504. The predicted octanol–water partition coefficient (Wildman–Crippen LogP) is 3.88. The lowest BCUT2D eigenvalue weighted by Gasteiger charge is -2.42. The van der Waals surface area contributed by atoms with Crippen molar-refractivity contribution in [3.63, 3.8) is 0 Å². The summed E-state index contributed by atoms with van der Waals surface area (Å²) in [6, 6.07) is 4.31. The Morgan fingerprint density at radius 1 is 1.53 bits per heavy atom. The van der Waals surface area contributed by atoms with Gasteiger partial charge < -0.3 is 4.74 Å². The maximum Gasteiger partial charge on any atom is 0.0806 e. The van der Waals surface area contributed by atoms with Gasteiger partial charge in [-0.1, -0.05) is 15.9 Å². The van der Waals surface area contributed by atoms with Gasteiger partial charge in [0.25, 0.3) is 0 Å². The number of hydrogen-bond donors (Lipinski definition) is 0. The topological polar surface area (TPSA) is 12.5 Å². The van der Waals surface area contributed by atoms with Crippen LogP contribution in [0.25, 0.3) is 0 Å². The Hall–Kier alpha value is 0.580. The largest absolute Gasteiger partial charge is 0.369 e. The van der Waals surface area contributed by atoms with Gasteiger partial charge in [0.1, 0.15) is 0 Å². The van der Waals surface area contributed by atoms with Crippen molar-refractivity contribution in [1.82, 2.24) is 4.90 Å². The molecule has 0 amide bonds. The zero-order chi connectivity index (χ0) is 12.5. The van der Waals surface area contributed by atoms with E-state index in [9.17, 15) is 0 Å². The molecular weight excluding hydrogens is 366 g/mol. The van der Waals surface area contributed by atoms with Crippen molar-refractivity contribution in [2.24, 2.45) is 0 Å². The third-order valence-corrected chi connectivity index (χ3v) is 5.06. The average molecular weight is 383 g/mol. The van der Waals surface area contributed by atoms with E-state index in [1.54, 1.807) is 0 Å². The number of nitrogens with zero attached hydrogens (tertiary/aromatic N) is 1. The van der Waals surface area contributed by atoms with Crippen LogP contribution in [0, 0.1) is 0 Å². The third-order valence-electron chi connectivity index (χ3n) is 2.73. The second-order valence-electron chi connectivity index (χ2n) is 5.03. The van der Waals surface area contributed by atoms with Crippen LogP contribution >= 0.6 is 43.2 Å². The first kappa shape index (κ1) is 14.0. The van der Waals surface area contributed by atoms with E-state index in [1.165, 1.54) is 8.66 Å². The van der Waals surface area contributed by atoms with E-state index in [1.807, 2.05) is 11.3 Å². The molecule has 0 N–H and O–H groups in total. The highest BCUT2D eigenvalue weighted by Crippen LogP contribution is 2.27. The lowest BCUT2D eigenvalue weighted by Crippen LogP contribution is -2.52. The van der Waals surface area contributed by atoms with Crippen molar-refractivity contribution in [2.75, 3.05) is 18.4 Å². The fourth-order valence-electron chi connectivity index (χ4n) is 2.27. The number of rotatable bonds is 3. The first-order valence-electron chi connectivity index (χ1n) is 5.69. The lowest BCUT2D eigenvalue weighted by atomic mass is 10.1. The molecule has 96 valence electrons. The first-order chi connectivity index (χ1) is 7.98. The van der Waals surface area contributed by atoms with Gasteiger partial charge in [-0.2, -0.15) is 0 Å². The third kappa shape index (κ3) is 4.03. The van der Waals surface area contributed by atoms with E-state index in [0.717, 1.165) is 25.0 Å². The highest BCUT2D eigenvalue weighted by atomic mass is 79.9. The van der Waals surface area contributed by atoms with Gasteiger partial charge in [-0.25, -0.2) is 0 Å². The maximum absolute atomic E-state index is 6.00. The summed E-state index contributed by atoms with van der Waals surface area (Å²) < 4.78 is 7.21. The minimum atomic E-state index is -0.0504. The number of halogens is 2. The SMILES string of the molecule is CC1(C)CN(Cc2ccc(Br)s2)CC(CBr)O1. The van der Waals surface area contributed by atoms with Crippen molar-refractivity contribution in [3.8, 4) is 0 Å². The van der Waals surface area contributed by atoms with Gasteiger partial charge >= 0.3 is 0 Å². The molecule has 2 rings (SSSR count). The molecule has 0 aromatic carbocycles. The molecule has 17 heavy (non-hydrogen) atoms.